The minimum absolute atomic E-state index is 0.132. The number of ether oxygens (including phenoxy) is 1. The van der Waals surface area contributed by atoms with Crippen LogP contribution in [0, 0.1) is 17.0 Å². The molecule has 1 aromatic carbocycles. The summed E-state index contributed by atoms with van der Waals surface area (Å²) in [5.41, 5.74) is 1.87. The number of aromatic nitrogens is 1. The van der Waals surface area contributed by atoms with Crippen LogP contribution < -0.4 is 5.32 Å². The van der Waals surface area contributed by atoms with E-state index in [-0.39, 0.29) is 17.4 Å². The summed E-state index contributed by atoms with van der Waals surface area (Å²) in [6.45, 7) is 2.31. The Kier molecular flexibility index (Phi) is 7.11. The molecule has 0 aliphatic rings. The van der Waals surface area contributed by atoms with Crippen LogP contribution in [0.2, 0.25) is 5.15 Å². The maximum atomic E-state index is 11.6. The lowest BCUT2D eigenvalue weighted by atomic mass is 10.1. The molecule has 0 radical (unpaired) electrons. The Morgan fingerprint density at radius 1 is 1.38 bits per heavy atom. The van der Waals surface area contributed by atoms with Crippen LogP contribution in [0.25, 0.3) is 6.08 Å². The van der Waals surface area contributed by atoms with Crippen molar-refractivity contribution < 1.29 is 14.5 Å². The van der Waals surface area contributed by atoms with Gasteiger partial charge in [0.1, 0.15) is 6.61 Å². The quantitative estimate of drug-likeness (QED) is 0.337. The Bertz CT molecular complexity index is 810. The molecule has 2 rings (SSSR count). The predicted molar refractivity (Wildman–Crippen MR) is 98.9 cm³/mol. The number of amides is 1. The number of nitrogens with one attached hydrogen (secondary N) is 1. The van der Waals surface area contributed by atoms with Gasteiger partial charge in [-0.15, -0.1) is 0 Å². The van der Waals surface area contributed by atoms with Gasteiger partial charge in [-0.1, -0.05) is 54.1 Å². The summed E-state index contributed by atoms with van der Waals surface area (Å²) in [7, 11) is 0. The van der Waals surface area contributed by atoms with Gasteiger partial charge in [-0.2, -0.15) is 0 Å². The zero-order valence-electron chi connectivity index (χ0n) is 14.1. The number of rotatable bonds is 7. The van der Waals surface area contributed by atoms with Crippen LogP contribution in [-0.2, 0) is 11.3 Å². The van der Waals surface area contributed by atoms with Gasteiger partial charge in [0.2, 0.25) is 5.15 Å². The summed E-state index contributed by atoms with van der Waals surface area (Å²) < 4.78 is 5.09. The van der Waals surface area contributed by atoms with Gasteiger partial charge in [0.05, 0.1) is 4.92 Å². The number of benzene rings is 1. The van der Waals surface area contributed by atoms with Crippen LogP contribution in [0.15, 0.2) is 42.5 Å². The monoisotopic (exact) mass is 375 g/mol. The van der Waals surface area contributed by atoms with E-state index in [1.54, 1.807) is 19.1 Å². The topological polar surface area (TPSA) is 94.4 Å². The number of nitrogens with zero attached hydrogens (tertiary/aromatic N) is 2. The number of pyridine rings is 1. The second kappa shape index (κ2) is 9.53. The third-order valence-corrected chi connectivity index (χ3v) is 3.75. The summed E-state index contributed by atoms with van der Waals surface area (Å²) in [6, 6.07) is 10.8. The second-order valence-electron chi connectivity index (χ2n) is 5.41. The normalized spacial score (nSPS) is 10.7. The van der Waals surface area contributed by atoms with Crippen molar-refractivity contribution in [1.29, 1.82) is 0 Å². The number of carbonyl (C=O) groups is 1. The molecule has 1 amide bonds. The minimum atomic E-state index is -0.573. The van der Waals surface area contributed by atoms with E-state index < -0.39 is 11.0 Å². The fourth-order valence-electron chi connectivity index (χ4n) is 2.12. The predicted octanol–water partition coefficient (Wildman–Crippen LogP) is 4.28. The van der Waals surface area contributed by atoms with Crippen LogP contribution in [-0.4, -0.2) is 22.5 Å². The van der Waals surface area contributed by atoms with Crippen molar-refractivity contribution in [3.63, 3.8) is 0 Å². The van der Waals surface area contributed by atoms with Crippen LogP contribution in [0.3, 0.4) is 0 Å². The zero-order chi connectivity index (χ0) is 18.9. The van der Waals surface area contributed by atoms with Crippen molar-refractivity contribution in [2.24, 2.45) is 0 Å². The molecule has 1 aromatic heterocycles. The minimum Gasteiger partial charge on any atom is -0.445 e. The molecule has 0 saturated carbocycles. The number of alkyl carbamates (subject to hydrolysis) is 1. The number of hydrogen-bond acceptors (Lipinski definition) is 5. The summed E-state index contributed by atoms with van der Waals surface area (Å²) >= 11 is 5.75. The number of nitro groups is 1. The number of carbonyl (C=O) groups excluding carboxylic acids is 1. The smallest absolute Gasteiger partial charge is 0.407 e. The Hall–Kier alpha value is -2.93. The number of halogens is 1. The van der Waals surface area contributed by atoms with E-state index in [1.807, 2.05) is 30.3 Å². The standard InChI is InChI=1S/C18H18ClN3O4/c1-13-15(11-16(22(24)25)17(19)21-13)9-5-6-10-20-18(23)26-12-14-7-3-2-4-8-14/h2-5,7-9,11H,6,10,12H2,1H3,(H,20,23). The lowest BCUT2D eigenvalue weighted by Crippen LogP contribution is -2.24. The highest BCUT2D eigenvalue weighted by atomic mass is 35.5. The molecule has 2 aromatic rings. The highest BCUT2D eigenvalue weighted by molar-refractivity contribution is 6.31. The van der Waals surface area contributed by atoms with Crippen LogP contribution in [0.4, 0.5) is 10.5 Å². The first kappa shape index (κ1) is 19.4. The zero-order valence-corrected chi connectivity index (χ0v) is 14.9. The van der Waals surface area contributed by atoms with Crippen LogP contribution >= 0.6 is 11.6 Å². The molecule has 0 atom stereocenters. The SMILES string of the molecule is Cc1nc(Cl)c([N+](=O)[O-])cc1C=CCCNC(=O)OCc1ccccc1. The molecule has 0 unspecified atom stereocenters. The maximum Gasteiger partial charge on any atom is 0.407 e. The summed E-state index contributed by atoms with van der Waals surface area (Å²) in [6.07, 6.45) is 3.54. The molecule has 0 aliphatic heterocycles. The van der Waals surface area contributed by atoms with E-state index in [4.69, 9.17) is 16.3 Å². The molecule has 136 valence electrons. The molecule has 26 heavy (non-hydrogen) atoms. The Morgan fingerprint density at radius 3 is 2.81 bits per heavy atom. The van der Waals surface area contributed by atoms with Crippen molar-refractivity contribution in [3.8, 4) is 0 Å². The second-order valence-corrected chi connectivity index (χ2v) is 5.77. The average Bonchev–Trinajstić information content (AvgIpc) is 2.61. The molecule has 0 aliphatic carbocycles. The molecular formula is C18H18ClN3O4. The number of aryl methyl sites for hydroxylation is 1. The van der Waals surface area contributed by atoms with Gasteiger partial charge in [-0.05, 0) is 18.9 Å². The largest absolute Gasteiger partial charge is 0.445 e. The Labute approximate surface area is 155 Å². The number of hydrogen-bond donors (Lipinski definition) is 1. The van der Waals surface area contributed by atoms with E-state index in [0.717, 1.165) is 5.56 Å². The van der Waals surface area contributed by atoms with Gasteiger partial charge in [-0.3, -0.25) is 10.1 Å². The first-order valence-electron chi connectivity index (χ1n) is 7.90. The Morgan fingerprint density at radius 2 is 2.12 bits per heavy atom. The van der Waals surface area contributed by atoms with Crippen molar-refractivity contribution in [1.82, 2.24) is 10.3 Å². The lowest BCUT2D eigenvalue weighted by Gasteiger charge is -2.06. The molecule has 1 heterocycles. The van der Waals surface area contributed by atoms with E-state index in [9.17, 15) is 14.9 Å². The molecule has 7 nitrogen and oxygen atoms in total. The third-order valence-electron chi connectivity index (χ3n) is 3.47. The van der Waals surface area contributed by atoms with Gasteiger partial charge in [0.15, 0.2) is 0 Å². The Balaban J connectivity index is 1.78. The molecule has 0 spiro atoms. The van der Waals surface area contributed by atoms with Gasteiger partial charge in [0, 0.05) is 23.9 Å². The fourth-order valence-corrected chi connectivity index (χ4v) is 2.37. The van der Waals surface area contributed by atoms with E-state index in [0.29, 0.717) is 24.2 Å². The molecule has 0 fully saturated rings. The van der Waals surface area contributed by atoms with Crippen LogP contribution in [0.5, 0.6) is 0 Å². The van der Waals surface area contributed by atoms with Gasteiger partial charge in [0.25, 0.3) is 0 Å². The maximum absolute atomic E-state index is 11.6. The summed E-state index contributed by atoms with van der Waals surface area (Å²) in [5.74, 6) is 0. The van der Waals surface area contributed by atoms with E-state index in [1.165, 1.54) is 6.07 Å². The molecule has 0 bridgehead atoms. The van der Waals surface area contributed by atoms with Crippen molar-refractivity contribution >= 4 is 29.5 Å². The van der Waals surface area contributed by atoms with Crippen LogP contribution in [0.1, 0.15) is 23.2 Å². The van der Waals surface area contributed by atoms with Gasteiger partial charge < -0.3 is 10.1 Å². The van der Waals surface area contributed by atoms with Crippen molar-refractivity contribution in [3.05, 3.63) is 74.6 Å². The van der Waals surface area contributed by atoms with Gasteiger partial charge >= 0.3 is 11.8 Å². The first-order valence-corrected chi connectivity index (χ1v) is 8.28. The van der Waals surface area contributed by atoms with E-state index >= 15 is 0 Å². The van der Waals surface area contributed by atoms with E-state index in [2.05, 4.69) is 10.3 Å². The summed E-state index contributed by atoms with van der Waals surface area (Å²) in [5, 5.41) is 13.4. The average molecular weight is 376 g/mol. The molecular weight excluding hydrogens is 358 g/mol. The van der Waals surface area contributed by atoms with Crippen molar-refractivity contribution in [2.45, 2.75) is 20.0 Å². The summed E-state index contributed by atoms with van der Waals surface area (Å²) in [4.78, 5) is 25.9. The fraction of sp³-hybridized carbons (Fsp3) is 0.222. The highest BCUT2D eigenvalue weighted by Crippen LogP contribution is 2.25. The molecule has 0 saturated heterocycles. The molecule has 8 heteroatoms. The molecule has 1 N–H and O–H groups in total. The van der Waals surface area contributed by atoms with Crippen molar-refractivity contribution in [2.75, 3.05) is 6.54 Å². The highest BCUT2D eigenvalue weighted by Gasteiger charge is 2.15. The first-order chi connectivity index (χ1) is 12.5. The van der Waals surface area contributed by atoms with Gasteiger partial charge in [-0.25, -0.2) is 9.78 Å². The lowest BCUT2D eigenvalue weighted by molar-refractivity contribution is -0.385. The third kappa shape index (κ3) is 5.86.